The van der Waals surface area contributed by atoms with Crippen LogP contribution in [0.4, 0.5) is 5.69 Å². The fourth-order valence-corrected chi connectivity index (χ4v) is 2.08. The summed E-state index contributed by atoms with van der Waals surface area (Å²) in [6.45, 7) is 3.19. The van der Waals surface area contributed by atoms with Gasteiger partial charge in [0.15, 0.2) is 5.78 Å². The minimum absolute atomic E-state index is 0.215. The summed E-state index contributed by atoms with van der Waals surface area (Å²) in [4.78, 5) is 14.2. The van der Waals surface area contributed by atoms with E-state index in [-0.39, 0.29) is 5.78 Å². The van der Waals surface area contributed by atoms with Gasteiger partial charge in [-0.25, -0.2) is 0 Å². The van der Waals surface area contributed by atoms with Crippen LogP contribution in [0.2, 0.25) is 0 Å². The number of nitrogens with zero attached hydrogens (tertiary/aromatic N) is 1. The normalized spacial score (nSPS) is 16.5. The van der Waals surface area contributed by atoms with Gasteiger partial charge in [-0.2, -0.15) is 0 Å². The van der Waals surface area contributed by atoms with Crippen molar-refractivity contribution >= 4 is 11.5 Å². The number of anilines is 1. The highest BCUT2D eigenvalue weighted by atomic mass is 16.1. The van der Waals surface area contributed by atoms with Gasteiger partial charge in [-0.1, -0.05) is 0 Å². The van der Waals surface area contributed by atoms with Gasteiger partial charge < -0.3 is 10.6 Å². The van der Waals surface area contributed by atoms with Gasteiger partial charge in [0, 0.05) is 24.2 Å². The number of nitrogens with two attached hydrogens (primary N) is 1. The molecular weight excluding hydrogens is 200 g/mol. The molecule has 0 saturated carbocycles. The molecule has 0 bridgehead atoms. The van der Waals surface area contributed by atoms with Crippen LogP contribution in [-0.4, -0.2) is 30.3 Å². The number of hydrogen-bond acceptors (Lipinski definition) is 3. The molecule has 3 nitrogen and oxygen atoms in total. The smallest absolute Gasteiger partial charge is 0.164 e. The predicted molar refractivity (Wildman–Crippen MR) is 65.5 cm³/mol. The maximum atomic E-state index is 11.8. The van der Waals surface area contributed by atoms with Crippen molar-refractivity contribution < 1.29 is 4.79 Å². The van der Waals surface area contributed by atoms with Crippen molar-refractivity contribution in [2.24, 2.45) is 0 Å². The molecule has 16 heavy (non-hydrogen) atoms. The third kappa shape index (κ3) is 2.83. The van der Waals surface area contributed by atoms with Crippen LogP contribution < -0.4 is 5.73 Å². The van der Waals surface area contributed by atoms with Crippen molar-refractivity contribution in [2.75, 3.05) is 25.4 Å². The molecule has 1 fully saturated rings. The van der Waals surface area contributed by atoms with E-state index >= 15 is 0 Å². The van der Waals surface area contributed by atoms with E-state index in [2.05, 4.69) is 4.90 Å². The van der Waals surface area contributed by atoms with Gasteiger partial charge in [0.25, 0.3) is 0 Å². The molecule has 0 radical (unpaired) electrons. The summed E-state index contributed by atoms with van der Waals surface area (Å²) in [6.07, 6.45) is 3.16. The highest BCUT2D eigenvalue weighted by Crippen LogP contribution is 2.11. The molecule has 1 aromatic carbocycles. The van der Waals surface area contributed by atoms with Crippen LogP contribution in [0, 0.1) is 0 Å². The maximum absolute atomic E-state index is 11.8. The Balaban J connectivity index is 1.85. The number of nitrogen functional groups attached to an aromatic ring is 1. The first-order valence-electron chi connectivity index (χ1n) is 5.87. The fourth-order valence-electron chi connectivity index (χ4n) is 2.08. The molecule has 2 rings (SSSR count). The van der Waals surface area contributed by atoms with Gasteiger partial charge in [0.1, 0.15) is 0 Å². The zero-order valence-corrected chi connectivity index (χ0v) is 9.48. The van der Waals surface area contributed by atoms with Crippen LogP contribution in [-0.2, 0) is 0 Å². The lowest BCUT2D eigenvalue weighted by Gasteiger charge is -2.13. The molecule has 0 atom stereocenters. The van der Waals surface area contributed by atoms with E-state index in [0.717, 1.165) is 25.2 Å². The Morgan fingerprint density at radius 2 is 1.81 bits per heavy atom. The quantitative estimate of drug-likeness (QED) is 0.620. The summed E-state index contributed by atoms with van der Waals surface area (Å²) in [7, 11) is 0. The number of ketones is 1. The second-order valence-electron chi connectivity index (χ2n) is 4.34. The van der Waals surface area contributed by atoms with Crippen LogP contribution in [0.1, 0.15) is 29.6 Å². The molecule has 2 N–H and O–H groups in total. The number of carbonyl (C=O) groups is 1. The van der Waals surface area contributed by atoms with Crippen LogP contribution in [0.5, 0.6) is 0 Å². The van der Waals surface area contributed by atoms with E-state index < -0.39 is 0 Å². The molecular formula is C13H18N2O. The molecule has 0 aliphatic carbocycles. The lowest BCUT2D eigenvalue weighted by atomic mass is 10.1. The Labute approximate surface area is 96.2 Å². The number of Topliss-reactive ketones (excluding diaryl/α,β-unsaturated/α-hetero) is 1. The van der Waals surface area contributed by atoms with E-state index in [1.807, 2.05) is 12.1 Å². The van der Waals surface area contributed by atoms with Crippen LogP contribution in [0.15, 0.2) is 24.3 Å². The second kappa shape index (κ2) is 5.12. The zero-order chi connectivity index (χ0) is 11.4. The molecule has 0 amide bonds. The first-order chi connectivity index (χ1) is 7.75. The largest absolute Gasteiger partial charge is 0.399 e. The van der Waals surface area contributed by atoms with Gasteiger partial charge >= 0.3 is 0 Å². The van der Waals surface area contributed by atoms with Gasteiger partial charge in [0.05, 0.1) is 0 Å². The van der Waals surface area contributed by atoms with E-state index in [1.54, 1.807) is 12.1 Å². The lowest BCUT2D eigenvalue weighted by molar-refractivity contribution is 0.0969. The molecule has 1 aromatic rings. The third-order valence-corrected chi connectivity index (χ3v) is 3.09. The summed E-state index contributed by atoms with van der Waals surface area (Å²) < 4.78 is 0. The van der Waals surface area contributed by atoms with Gasteiger partial charge in [-0.15, -0.1) is 0 Å². The van der Waals surface area contributed by atoms with Crippen LogP contribution >= 0.6 is 0 Å². The van der Waals surface area contributed by atoms with E-state index in [0.29, 0.717) is 12.1 Å². The highest BCUT2D eigenvalue weighted by molar-refractivity contribution is 5.96. The summed E-state index contributed by atoms with van der Waals surface area (Å²) in [5.74, 6) is 0.215. The second-order valence-corrected chi connectivity index (χ2v) is 4.34. The number of benzene rings is 1. The van der Waals surface area contributed by atoms with Crippen molar-refractivity contribution in [3.05, 3.63) is 29.8 Å². The Bertz CT molecular complexity index is 353. The van der Waals surface area contributed by atoms with Gasteiger partial charge in [-0.3, -0.25) is 4.79 Å². The molecule has 1 heterocycles. The summed E-state index contributed by atoms with van der Waals surface area (Å²) in [5.41, 5.74) is 7.06. The van der Waals surface area contributed by atoms with Crippen molar-refractivity contribution in [3.8, 4) is 0 Å². The molecule has 0 aromatic heterocycles. The minimum atomic E-state index is 0.215. The van der Waals surface area contributed by atoms with Crippen molar-refractivity contribution in [3.63, 3.8) is 0 Å². The number of rotatable bonds is 4. The van der Waals surface area contributed by atoms with Gasteiger partial charge in [-0.05, 0) is 50.2 Å². The Hall–Kier alpha value is -1.35. The Morgan fingerprint density at radius 1 is 1.19 bits per heavy atom. The van der Waals surface area contributed by atoms with E-state index in [9.17, 15) is 4.79 Å². The molecule has 86 valence electrons. The average Bonchev–Trinajstić information content (AvgIpc) is 2.80. The maximum Gasteiger partial charge on any atom is 0.164 e. The highest BCUT2D eigenvalue weighted by Gasteiger charge is 2.13. The first kappa shape index (κ1) is 11.1. The molecule has 0 unspecified atom stereocenters. The standard InChI is InChI=1S/C13H18N2O/c14-12-5-3-11(4-6-12)13(16)7-10-15-8-1-2-9-15/h3-6H,1-2,7-10,14H2. The third-order valence-electron chi connectivity index (χ3n) is 3.09. The number of carbonyl (C=O) groups excluding carboxylic acids is 1. The van der Waals surface area contributed by atoms with Gasteiger partial charge in [0.2, 0.25) is 0 Å². The van der Waals surface area contributed by atoms with Crippen molar-refractivity contribution in [1.29, 1.82) is 0 Å². The lowest BCUT2D eigenvalue weighted by Crippen LogP contribution is -2.22. The molecule has 1 aliphatic heterocycles. The SMILES string of the molecule is Nc1ccc(C(=O)CCN2CCCC2)cc1. The summed E-state index contributed by atoms with van der Waals surface area (Å²) in [6, 6.07) is 7.18. The molecule has 1 aliphatic rings. The molecule has 0 spiro atoms. The predicted octanol–water partition coefficient (Wildman–Crippen LogP) is 1.94. The van der Waals surface area contributed by atoms with Crippen LogP contribution in [0.3, 0.4) is 0 Å². The van der Waals surface area contributed by atoms with Crippen molar-refractivity contribution in [2.45, 2.75) is 19.3 Å². The molecule has 1 saturated heterocycles. The number of hydrogen-bond donors (Lipinski definition) is 1. The number of likely N-dealkylation sites (tertiary alicyclic amines) is 1. The van der Waals surface area contributed by atoms with Crippen LogP contribution in [0.25, 0.3) is 0 Å². The van der Waals surface area contributed by atoms with Crippen molar-refractivity contribution in [1.82, 2.24) is 4.90 Å². The minimum Gasteiger partial charge on any atom is -0.399 e. The summed E-state index contributed by atoms with van der Waals surface area (Å²) >= 11 is 0. The first-order valence-corrected chi connectivity index (χ1v) is 5.87. The summed E-state index contributed by atoms with van der Waals surface area (Å²) in [5, 5.41) is 0. The topological polar surface area (TPSA) is 46.3 Å². The zero-order valence-electron chi connectivity index (χ0n) is 9.48. The van der Waals surface area contributed by atoms with E-state index in [4.69, 9.17) is 5.73 Å². The van der Waals surface area contributed by atoms with E-state index in [1.165, 1.54) is 12.8 Å². The monoisotopic (exact) mass is 218 g/mol. The average molecular weight is 218 g/mol. The fraction of sp³-hybridized carbons (Fsp3) is 0.462. The Kier molecular flexibility index (Phi) is 3.57. The molecule has 3 heteroatoms. The Morgan fingerprint density at radius 3 is 2.44 bits per heavy atom.